The predicted octanol–water partition coefficient (Wildman–Crippen LogP) is 5.98. The zero-order valence-electron chi connectivity index (χ0n) is 13.0. The number of rotatable bonds is 7. The zero-order valence-corrected chi connectivity index (χ0v) is 13.0. The van der Waals surface area contributed by atoms with Crippen molar-refractivity contribution in [2.45, 2.75) is 33.6 Å². The van der Waals surface area contributed by atoms with E-state index < -0.39 is 0 Å². The summed E-state index contributed by atoms with van der Waals surface area (Å²) in [7, 11) is 0. The lowest BCUT2D eigenvalue weighted by molar-refractivity contribution is 0.586. The van der Waals surface area contributed by atoms with Crippen LogP contribution in [0.25, 0.3) is 6.08 Å². The summed E-state index contributed by atoms with van der Waals surface area (Å²) in [5.41, 5.74) is 3.79. The Hall–Kier alpha value is -1.82. The van der Waals surface area contributed by atoms with Gasteiger partial charge >= 0.3 is 0 Å². The minimum Gasteiger partial charge on any atom is -0.0985 e. The molecule has 0 saturated heterocycles. The van der Waals surface area contributed by atoms with E-state index in [0.717, 1.165) is 17.9 Å². The topological polar surface area (TPSA) is 0 Å². The minimum atomic E-state index is 0.755. The first kappa shape index (κ1) is 16.2. The highest BCUT2D eigenvalue weighted by atomic mass is 14.0. The highest BCUT2D eigenvalue weighted by Crippen LogP contribution is 2.13. The van der Waals surface area contributed by atoms with E-state index in [4.69, 9.17) is 0 Å². The normalized spacial score (nSPS) is 12.7. The Morgan fingerprint density at radius 1 is 1.30 bits per heavy atom. The van der Waals surface area contributed by atoms with Gasteiger partial charge in [0.15, 0.2) is 0 Å². The predicted molar refractivity (Wildman–Crippen MR) is 91.7 cm³/mol. The van der Waals surface area contributed by atoms with Gasteiger partial charge in [0.25, 0.3) is 0 Å². The Morgan fingerprint density at radius 2 is 2.10 bits per heavy atom. The summed E-state index contributed by atoms with van der Waals surface area (Å²) < 4.78 is 0. The summed E-state index contributed by atoms with van der Waals surface area (Å²) in [6, 6.07) is 8.77. The van der Waals surface area contributed by atoms with Crippen molar-refractivity contribution in [3.63, 3.8) is 0 Å². The quantitative estimate of drug-likeness (QED) is 0.533. The maximum absolute atomic E-state index is 3.84. The van der Waals surface area contributed by atoms with Gasteiger partial charge in [0.05, 0.1) is 0 Å². The molecular weight excluding hydrogens is 240 g/mol. The Balaban J connectivity index is 2.76. The Kier molecular flexibility index (Phi) is 7.42. The van der Waals surface area contributed by atoms with Gasteiger partial charge in [-0.05, 0) is 42.4 Å². The molecule has 106 valence electrons. The third-order valence-electron chi connectivity index (χ3n) is 3.15. The van der Waals surface area contributed by atoms with Crippen molar-refractivity contribution in [2.24, 2.45) is 5.92 Å². The molecule has 0 aliphatic rings. The molecule has 0 radical (unpaired) electrons. The lowest BCUT2D eigenvalue weighted by Gasteiger charge is -2.05. The van der Waals surface area contributed by atoms with E-state index in [1.54, 1.807) is 0 Å². The molecule has 1 aromatic rings. The molecule has 20 heavy (non-hydrogen) atoms. The molecule has 0 amide bonds. The molecular formula is C20H26. The number of benzene rings is 1. The van der Waals surface area contributed by atoms with E-state index >= 15 is 0 Å². The van der Waals surface area contributed by atoms with Gasteiger partial charge in [0.1, 0.15) is 0 Å². The second kappa shape index (κ2) is 9.14. The molecule has 0 fully saturated rings. The van der Waals surface area contributed by atoms with E-state index in [0.29, 0.717) is 0 Å². The van der Waals surface area contributed by atoms with E-state index in [2.05, 4.69) is 62.9 Å². The van der Waals surface area contributed by atoms with E-state index in [9.17, 15) is 0 Å². The van der Waals surface area contributed by atoms with Crippen LogP contribution in [0.2, 0.25) is 0 Å². The van der Waals surface area contributed by atoms with Crippen LogP contribution in [0, 0.1) is 5.92 Å². The molecule has 0 bridgehead atoms. The second-order valence-electron chi connectivity index (χ2n) is 5.41. The van der Waals surface area contributed by atoms with Crippen LogP contribution >= 0.6 is 0 Å². The molecule has 0 aliphatic carbocycles. The third-order valence-corrected chi connectivity index (χ3v) is 3.15. The minimum absolute atomic E-state index is 0.755. The molecule has 0 spiro atoms. The fraction of sp³-hybridized carbons (Fsp3) is 0.300. The van der Waals surface area contributed by atoms with Crippen molar-refractivity contribution in [3.8, 4) is 0 Å². The molecule has 0 aromatic heterocycles. The zero-order chi connectivity index (χ0) is 14.8. The molecule has 0 saturated carbocycles. The number of hydrogen-bond acceptors (Lipinski definition) is 0. The van der Waals surface area contributed by atoms with Gasteiger partial charge in [-0.15, -0.1) is 0 Å². The molecule has 0 nitrogen and oxygen atoms in total. The molecule has 0 heteroatoms. The SMILES string of the molecule is C=CC(/C=C/c1cccc(CCC(C)C)c1)=C\C=C/C. The van der Waals surface area contributed by atoms with Crippen molar-refractivity contribution in [1.29, 1.82) is 0 Å². The van der Waals surface area contributed by atoms with Gasteiger partial charge in [-0.3, -0.25) is 0 Å². The van der Waals surface area contributed by atoms with Gasteiger partial charge in [-0.25, -0.2) is 0 Å². The van der Waals surface area contributed by atoms with E-state index in [-0.39, 0.29) is 0 Å². The van der Waals surface area contributed by atoms with Crippen LogP contribution in [0.5, 0.6) is 0 Å². The van der Waals surface area contributed by atoms with Gasteiger partial charge in [0, 0.05) is 0 Å². The van der Waals surface area contributed by atoms with Crippen molar-refractivity contribution in [3.05, 3.63) is 77.9 Å². The van der Waals surface area contributed by atoms with Crippen molar-refractivity contribution >= 4 is 6.08 Å². The lowest BCUT2D eigenvalue weighted by Crippen LogP contribution is -1.92. The Morgan fingerprint density at radius 3 is 2.75 bits per heavy atom. The Labute approximate surface area is 124 Å². The standard InChI is InChI=1S/C20H26/c1-5-7-9-18(6-2)14-15-20-11-8-10-19(16-20)13-12-17(3)4/h5-11,14-17H,2,12-13H2,1,3-4H3/b7-5-,15-14+,18-9+. The first-order valence-electron chi connectivity index (χ1n) is 7.38. The summed E-state index contributed by atoms with van der Waals surface area (Å²) in [6.45, 7) is 10.4. The summed E-state index contributed by atoms with van der Waals surface area (Å²) in [4.78, 5) is 0. The largest absolute Gasteiger partial charge is 0.0985 e. The van der Waals surface area contributed by atoms with Crippen molar-refractivity contribution in [2.75, 3.05) is 0 Å². The summed E-state index contributed by atoms with van der Waals surface area (Å²) >= 11 is 0. The van der Waals surface area contributed by atoms with Crippen LogP contribution in [0.3, 0.4) is 0 Å². The van der Waals surface area contributed by atoms with Gasteiger partial charge in [0.2, 0.25) is 0 Å². The third kappa shape index (κ3) is 6.38. The van der Waals surface area contributed by atoms with Crippen LogP contribution in [0.4, 0.5) is 0 Å². The lowest BCUT2D eigenvalue weighted by atomic mass is 10.0. The van der Waals surface area contributed by atoms with Crippen LogP contribution in [-0.2, 0) is 6.42 Å². The molecule has 1 aromatic carbocycles. The highest BCUT2D eigenvalue weighted by Gasteiger charge is 1.97. The number of hydrogen-bond donors (Lipinski definition) is 0. The Bertz CT molecular complexity index is 499. The van der Waals surface area contributed by atoms with Crippen molar-refractivity contribution in [1.82, 2.24) is 0 Å². The fourth-order valence-electron chi connectivity index (χ4n) is 1.90. The monoisotopic (exact) mass is 266 g/mol. The number of aryl methyl sites for hydroxylation is 1. The highest BCUT2D eigenvalue weighted by molar-refractivity contribution is 5.55. The van der Waals surface area contributed by atoms with E-state index in [1.165, 1.54) is 17.5 Å². The molecule has 1 rings (SSSR count). The van der Waals surface area contributed by atoms with Crippen molar-refractivity contribution < 1.29 is 0 Å². The summed E-state index contributed by atoms with van der Waals surface area (Å²) in [6.07, 6.45) is 14.6. The maximum atomic E-state index is 3.84. The molecule has 0 N–H and O–H groups in total. The van der Waals surface area contributed by atoms with Crippen LogP contribution in [0.15, 0.2) is 66.8 Å². The average Bonchev–Trinajstić information content (AvgIpc) is 2.46. The van der Waals surface area contributed by atoms with E-state index in [1.807, 2.05) is 25.2 Å². The van der Waals surface area contributed by atoms with Gasteiger partial charge < -0.3 is 0 Å². The fourth-order valence-corrected chi connectivity index (χ4v) is 1.90. The number of allylic oxidation sites excluding steroid dienone is 6. The second-order valence-corrected chi connectivity index (χ2v) is 5.41. The molecule has 0 atom stereocenters. The summed E-state index contributed by atoms with van der Waals surface area (Å²) in [5, 5.41) is 0. The van der Waals surface area contributed by atoms with Crippen LogP contribution in [0.1, 0.15) is 38.3 Å². The first-order chi connectivity index (χ1) is 9.65. The first-order valence-corrected chi connectivity index (χ1v) is 7.38. The smallest absolute Gasteiger partial charge is 0.0254 e. The molecule has 0 heterocycles. The molecule has 0 aliphatic heterocycles. The summed E-state index contributed by atoms with van der Waals surface area (Å²) in [5.74, 6) is 0.755. The molecule has 0 unspecified atom stereocenters. The van der Waals surface area contributed by atoms with Gasteiger partial charge in [-0.2, -0.15) is 0 Å². The van der Waals surface area contributed by atoms with Crippen LogP contribution < -0.4 is 0 Å². The maximum Gasteiger partial charge on any atom is -0.0254 e. The van der Waals surface area contributed by atoms with Gasteiger partial charge in [-0.1, -0.05) is 81.1 Å². The van der Waals surface area contributed by atoms with Crippen LogP contribution in [-0.4, -0.2) is 0 Å². The average molecular weight is 266 g/mol.